The maximum absolute atomic E-state index is 11.9. The highest BCUT2D eigenvalue weighted by Gasteiger charge is 2.11. The molecule has 3 nitrogen and oxygen atoms in total. The van der Waals surface area contributed by atoms with Crippen LogP contribution >= 0.6 is 38.9 Å². The molecule has 2 N–H and O–H groups in total. The number of thiophene rings is 1. The van der Waals surface area contributed by atoms with Crippen LogP contribution < -0.4 is 5.32 Å². The lowest BCUT2D eigenvalue weighted by atomic mass is 10.2. The van der Waals surface area contributed by atoms with Gasteiger partial charge in [0.15, 0.2) is 0 Å². The molecule has 0 spiro atoms. The molecule has 6 heteroatoms. The first kappa shape index (κ1) is 13.4. The number of phenolic OH excluding ortho intramolecular Hbond substituents is 1. The SMILES string of the molecule is O=C(NCc1sccc1Br)c1cc(O)ccc1Cl. The van der Waals surface area contributed by atoms with Crippen LogP contribution in [0.15, 0.2) is 34.1 Å². The van der Waals surface area contributed by atoms with Gasteiger partial charge in [-0.1, -0.05) is 11.6 Å². The summed E-state index contributed by atoms with van der Waals surface area (Å²) in [5, 5.41) is 14.3. The van der Waals surface area contributed by atoms with Crippen molar-refractivity contribution in [3.63, 3.8) is 0 Å². The van der Waals surface area contributed by atoms with Crippen molar-refractivity contribution in [3.8, 4) is 5.75 Å². The summed E-state index contributed by atoms with van der Waals surface area (Å²) in [6.07, 6.45) is 0. The third-order valence-corrected chi connectivity index (χ3v) is 4.55. The summed E-state index contributed by atoms with van der Waals surface area (Å²) in [5.41, 5.74) is 0.268. The summed E-state index contributed by atoms with van der Waals surface area (Å²) in [5.74, 6) is -0.293. The Hall–Kier alpha value is -1.04. The number of amides is 1. The third kappa shape index (κ3) is 3.04. The second kappa shape index (κ2) is 5.73. The molecule has 0 radical (unpaired) electrons. The first-order valence-corrected chi connectivity index (χ1v) is 7.11. The van der Waals surface area contributed by atoms with Crippen LogP contribution in [0.3, 0.4) is 0 Å². The number of phenols is 1. The van der Waals surface area contributed by atoms with E-state index in [1.54, 1.807) is 11.3 Å². The highest BCUT2D eigenvalue weighted by atomic mass is 79.9. The fraction of sp³-hybridized carbons (Fsp3) is 0.0833. The van der Waals surface area contributed by atoms with E-state index >= 15 is 0 Å². The van der Waals surface area contributed by atoms with Gasteiger partial charge in [0.25, 0.3) is 5.91 Å². The molecule has 0 aliphatic carbocycles. The number of halogens is 2. The third-order valence-electron chi connectivity index (χ3n) is 2.30. The zero-order valence-electron chi connectivity index (χ0n) is 9.11. The van der Waals surface area contributed by atoms with Crippen LogP contribution in [0.1, 0.15) is 15.2 Å². The minimum atomic E-state index is -0.309. The van der Waals surface area contributed by atoms with Crippen LogP contribution in [0, 0.1) is 0 Å². The van der Waals surface area contributed by atoms with Crippen LogP contribution in [0.5, 0.6) is 5.75 Å². The molecule has 0 aliphatic rings. The van der Waals surface area contributed by atoms with Gasteiger partial charge in [0.1, 0.15) is 5.75 Å². The summed E-state index contributed by atoms with van der Waals surface area (Å²) in [4.78, 5) is 12.9. The molecule has 0 atom stereocenters. The first-order chi connectivity index (χ1) is 8.58. The molecule has 1 aromatic carbocycles. The van der Waals surface area contributed by atoms with Crippen LogP contribution in [-0.4, -0.2) is 11.0 Å². The van der Waals surface area contributed by atoms with Gasteiger partial charge in [-0.15, -0.1) is 11.3 Å². The number of aromatic hydroxyl groups is 1. The first-order valence-electron chi connectivity index (χ1n) is 5.06. The molecule has 1 aromatic heterocycles. The lowest BCUT2D eigenvalue weighted by Crippen LogP contribution is -2.22. The van der Waals surface area contributed by atoms with Crippen molar-refractivity contribution in [2.45, 2.75) is 6.54 Å². The van der Waals surface area contributed by atoms with Crippen molar-refractivity contribution in [2.24, 2.45) is 0 Å². The zero-order valence-corrected chi connectivity index (χ0v) is 12.3. The zero-order chi connectivity index (χ0) is 13.1. The molecule has 94 valence electrons. The Morgan fingerprint density at radius 1 is 1.44 bits per heavy atom. The number of carbonyl (C=O) groups excluding carboxylic acids is 1. The van der Waals surface area contributed by atoms with Crippen LogP contribution in [0.2, 0.25) is 5.02 Å². The summed E-state index contributed by atoms with van der Waals surface area (Å²) >= 11 is 10.8. The lowest BCUT2D eigenvalue weighted by Gasteiger charge is -2.06. The minimum Gasteiger partial charge on any atom is -0.508 e. The van der Waals surface area contributed by atoms with E-state index < -0.39 is 0 Å². The summed E-state index contributed by atoms with van der Waals surface area (Å²) in [6.45, 7) is 0.420. The molecule has 0 bridgehead atoms. The fourth-order valence-corrected chi connectivity index (χ4v) is 3.03. The van der Waals surface area contributed by atoms with Crippen molar-refractivity contribution < 1.29 is 9.90 Å². The molecule has 0 fully saturated rings. The predicted octanol–water partition coefficient (Wildman–Crippen LogP) is 3.80. The number of carbonyl (C=O) groups is 1. The average Bonchev–Trinajstić information content (AvgIpc) is 2.75. The maximum atomic E-state index is 11.9. The van der Waals surface area contributed by atoms with Crippen molar-refractivity contribution in [2.75, 3.05) is 0 Å². The van der Waals surface area contributed by atoms with Crippen molar-refractivity contribution in [3.05, 3.63) is 49.6 Å². The molecule has 0 saturated carbocycles. The van der Waals surface area contributed by atoms with Gasteiger partial charge in [0.2, 0.25) is 0 Å². The highest BCUT2D eigenvalue weighted by molar-refractivity contribution is 9.10. The molecule has 0 unspecified atom stereocenters. The monoisotopic (exact) mass is 345 g/mol. The largest absolute Gasteiger partial charge is 0.508 e. The van der Waals surface area contributed by atoms with E-state index in [9.17, 15) is 9.90 Å². The van der Waals surface area contributed by atoms with E-state index in [0.29, 0.717) is 11.6 Å². The van der Waals surface area contributed by atoms with Gasteiger partial charge in [-0.05, 0) is 45.6 Å². The van der Waals surface area contributed by atoms with Gasteiger partial charge in [0, 0.05) is 9.35 Å². The molecular weight excluding hydrogens is 338 g/mol. The van der Waals surface area contributed by atoms with Gasteiger partial charge in [0.05, 0.1) is 17.1 Å². The van der Waals surface area contributed by atoms with E-state index in [-0.39, 0.29) is 17.2 Å². The Labute approximate surface area is 122 Å². The smallest absolute Gasteiger partial charge is 0.253 e. The van der Waals surface area contributed by atoms with Crippen LogP contribution in [-0.2, 0) is 6.54 Å². The highest BCUT2D eigenvalue weighted by Crippen LogP contribution is 2.23. The van der Waals surface area contributed by atoms with Gasteiger partial charge < -0.3 is 10.4 Å². The molecule has 1 heterocycles. The fourth-order valence-electron chi connectivity index (χ4n) is 1.39. The summed E-state index contributed by atoms with van der Waals surface area (Å²) < 4.78 is 0.967. The Morgan fingerprint density at radius 2 is 2.22 bits per heavy atom. The standard InChI is InChI=1S/C12H9BrClNO2S/c13-9-3-4-18-11(9)6-15-12(17)8-5-7(16)1-2-10(8)14/h1-5,16H,6H2,(H,15,17). The number of benzene rings is 1. The molecular formula is C12H9BrClNO2S. The molecule has 2 aromatic rings. The Bertz CT molecular complexity index is 585. The lowest BCUT2D eigenvalue weighted by molar-refractivity contribution is 0.0951. The van der Waals surface area contributed by atoms with Crippen LogP contribution in [0.4, 0.5) is 0 Å². The van der Waals surface area contributed by atoms with Gasteiger partial charge in [-0.3, -0.25) is 4.79 Å². The van der Waals surface area contributed by atoms with E-state index in [1.807, 2.05) is 11.4 Å². The summed E-state index contributed by atoms with van der Waals surface area (Å²) in [6, 6.07) is 6.20. The molecule has 18 heavy (non-hydrogen) atoms. The maximum Gasteiger partial charge on any atom is 0.253 e. The predicted molar refractivity (Wildman–Crippen MR) is 76.3 cm³/mol. The molecule has 0 saturated heterocycles. The Balaban J connectivity index is 2.08. The molecule has 1 amide bonds. The van der Waals surface area contributed by atoms with Crippen molar-refractivity contribution in [1.29, 1.82) is 0 Å². The topological polar surface area (TPSA) is 49.3 Å². The molecule has 2 rings (SSSR count). The van der Waals surface area contributed by atoms with Crippen molar-refractivity contribution >= 4 is 44.8 Å². The normalized spacial score (nSPS) is 10.3. The number of nitrogens with one attached hydrogen (secondary N) is 1. The second-order valence-electron chi connectivity index (χ2n) is 3.54. The van der Waals surface area contributed by atoms with E-state index in [1.165, 1.54) is 18.2 Å². The minimum absolute atomic E-state index is 0.0156. The van der Waals surface area contributed by atoms with Gasteiger partial charge in [-0.25, -0.2) is 0 Å². The number of rotatable bonds is 3. The number of hydrogen-bond donors (Lipinski definition) is 2. The van der Waals surface area contributed by atoms with Crippen LogP contribution in [0.25, 0.3) is 0 Å². The van der Waals surface area contributed by atoms with E-state index in [4.69, 9.17) is 11.6 Å². The van der Waals surface area contributed by atoms with Gasteiger partial charge >= 0.3 is 0 Å². The Kier molecular flexibility index (Phi) is 4.27. The van der Waals surface area contributed by atoms with Gasteiger partial charge in [-0.2, -0.15) is 0 Å². The quantitative estimate of drug-likeness (QED) is 0.888. The molecule has 0 aliphatic heterocycles. The summed E-state index contributed by atoms with van der Waals surface area (Å²) in [7, 11) is 0. The average molecular weight is 347 g/mol. The second-order valence-corrected chi connectivity index (χ2v) is 5.80. The van der Waals surface area contributed by atoms with E-state index in [2.05, 4.69) is 21.2 Å². The van der Waals surface area contributed by atoms with E-state index in [0.717, 1.165) is 9.35 Å². The number of hydrogen-bond acceptors (Lipinski definition) is 3. The van der Waals surface area contributed by atoms with Crippen molar-refractivity contribution in [1.82, 2.24) is 5.32 Å². The Morgan fingerprint density at radius 3 is 2.89 bits per heavy atom.